The van der Waals surface area contributed by atoms with Gasteiger partial charge in [0.25, 0.3) is 0 Å². The fourth-order valence-electron chi connectivity index (χ4n) is 4.28. The van der Waals surface area contributed by atoms with Gasteiger partial charge >= 0.3 is 0 Å². The minimum atomic E-state index is -0.222. The highest BCUT2D eigenvalue weighted by molar-refractivity contribution is 6.08. The third-order valence-corrected chi connectivity index (χ3v) is 6.40. The van der Waals surface area contributed by atoms with E-state index in [1.807, 2.05) is 12.3 Å². The van der Waals surface area contributed by atoms with Crippen molar-refractivity contribution in [3.05, 3.63) is 95.8 Å². The van der Waals surface area contributed by atoms with Gasteiger partial charge in [0.05, 0.1) is 11.4 Å². The number of aromatic nitrogens is 2. The third kappa shape index (κ3) is 3.38. The number of hydrogen-bond acceptors (Lipinski definition) is 3. The molecule has 0 bridgehead atoms. The van der Waals surface area contributed by atoms with Gasteiger partial charge in [-0.05, 0) is 46.9 Å². The second-order valence-corrected chi connectivity index (χ2v) is 10.0. The van der Waals surface area contributed by atoms with Crippen LogP contribution in [0.2, 0.25) is 0 Å². The van der Waals surface area contributed by atoms with Crippen molar-refractivity contribution >= 4 is 22.1 Å². The number of rotatable bonds is 3. The summed E-state index contributed by atoms with van der Waals surface area (Å²) in [7, 11) is 0. The standard InChI is InChI=1S/C29H28N2O/c1-28(2,3)20-16-17-30-24(18-20)23-13-9-12-21-22-14-15-25(31-27(22)32-26(21)23)29(4,5)19-10-7-6-8-11-19/h6-18H,1-5H3. The second-order valence-electron chi connectivity index (χ2n) is 10.0. The SMILES string of the molecule is CC(C)(C)c1ccnc(-c2cccc3c2oc2nc(C(C)(C)c4ccccc4)ccc23)c1. The fraction of sp³-hybridized carbons (Fsp3) is 0.241. The Morgan fingerprint density at radius 2 is 1.50 bits per heavy atom. The number of nitrogens with zero attached hydrogens (tertiary/aromatic N) is 2. The Hall–Kier alpha value is -3.46. The molecule has 0 unspecified atom stereocenters. The highest BCUT2D eigenvalue weighted by Crippen LogP contribution is 2.37. The molecule has 3 heterocycles. The molecule has 0 radical (unpaired) electrons. The predicted molar refractivity (Wildman–Crippen MR) is 132 cm³/mol. The summed E-state index contributed by atoms with van der Waals surface area (Å²) >= 11 is 0. The van der Waals surface area contributed by atoms with E-state index in [1.165, 1.54) is 11.1 Å². The van der Waals surface area contributed by atoms with Crippen LogP contribution < -0.4 is 0 Å². The first-order valence-electron chi connectivity index (χ1n) is 11.1. The molecule has 0 aliphatic carbocycles. The summed E-state index contributed by atoms with van der Waals surface area (Å²) in [4.78, 5) is 9.62. The third-order valence-electron chi connectivity index (χ3n) is 6.40. The molecule has 3 nitrogen and oxygen atoms in total. The maximum atomic E-state index is 6.38. The van der Waals surface area contributed by atoms with Crippen molar-refractivity contribution in [2.75, 3.05) is 0 Å². The van der Waals surface area contributed by atoms with Crippen LogP contribution in [-0.2, 0) is 10.8 Å². The molecule has 0 aliphatic heterocycles. The van der Waals surface area contributed by atoms with Crippen LogP contribution in [-0.4, -0.2) is 9.97 Å². The number of furan rings is 1. The van der Waals surface area contributed by atoms with Gasteiger partial charge in [0.1, 0.15) is 5.58 Å². The Balaban J connectivity index is 1.67. The summed E-state index contributed by atoms with van der Waals surface area (Å²) in [5.41, 5.74) is 6.72. The lowest BCUT2D eigenvalue weighted by atomic mass is 9.81. The van der Waals surface area contributed by atoms with Crippen LogP contribution in [0.1, 0.15) is 51.4 Å². The normalized spacial score (nSPS) is 12.5. The van der Waals surface area contributed by atoms with E-state index in [-0.39, 0.29) is 10.8 Å². The molecular formula is C29H28N2O. The van der Waals surface area contributed by atoms with Crippen LogP contribution in [0.4, 0.5) is 0 Å². The van der Waals surface area contributed by atoms with E-state index in [2.05, 4.69) is 106 Å². The van der Waals surface area contributed by atoms with Crippen molar-refractivity contribution in [2.24, 2.45) is 0 Å². The summed E-state index contributed by atoms with van der Waals surface area (Å²) in [5.74, 6) is 0. The number of hydrogen-bond donors (Lipinski definition) is 0. The molecular weight excluding hydrogens is 392 g/mol. The smallest absolute Gasteiger partial charge is 0.227 e. The molecule has 32 heavy (non-hydrogen) atoms. The molecule has 5 aromatic rings. The molecule has 0 aliphatic rings. The van der Waals surface area contributed by atoms with Crippen LogP contribution in [0, 0.1) is 0 Å². The topological polar surface area (TPSA) is 38.9 Å². The molecule has 2 aromatic carbocycles. The van der Waals surface area contributed by atoms with E-state index in [4.69, 9.17) is 9.40 Å². The first kappa shape index (κ1) is 20.4. The summed E-state index contributed by atoms with van der Waals surface area (Å²) in [6.45, 7) is 11.1. The van der Waals surface area contributed by atoms with Gasteiger partial charge in [-0.15, -0.1) is 0 Å². The first-order valence-corrected chi connectivity index (χ1v) is 11.1. The number of benzene rings is 2. The van der Waals surface area contributed by atoms with E-state index >= 15 is 0 Å². The van der Waals surface area contributed by atoms with Crippen molar-refractivity contribution in [3.8, 4) is 11.3 Å². The van der Waals surface area contributed by atoms with Crippen LogP contribution in [0.3, 0.4) is 0 Å². The average Bonchev–Trinajstić information content (AvgIpc) is 3.17. The Morgan fingerprint density at radius 3 is 2.25 bits per heavy atom. The number of fused-ring (bicyclic) bond motifs is 3. The maximum absolute atomic E-state index is 6.38. The first-order chi connectivity index (χ1) is 15.2. The Kier molecular flexibility index (Phi) is 4.67. The zero-order chi connectivity index (χ0) is 22.5. The van der Waals surface area contributed by atoms with Crippen molar-refractivity contribution in [3.63, 3.8) is 0 Å². The van der Waals surface area contributed by atoms with Crippen molar-refractivity contribution < 1.29 is 4.42 Å². The van der Waals surface area contributed by atoms with Gasteiger partial charge in [0.2, 0.25) is 5.71 Å². The zero-order valence-corrected chi connectivity index (χ0v) is 19.3. The fourth-order valence-corrected chi connectivity index (χ4v) is 4.28. The van der Waals surface area contributed by atoms with Gasteiger partial charge in [-0.2, -0.15) is 0 Å². The van der Waals surface area contributed by atoms with E-state index in [9.17, 15) is 0 Å². The predicted octanol–water partition coefficient (Wildman–Crippen LogP) is 7.67. The lowest BCUT2D eigenvalue weighted by Crippen LogP contribution is -2.20. The highest BCUT2D eigenvalue weighted by atomic mass is 16.3. The Morgan fingerprint density at radius 1 is 0.719 bits per heavy atom. The zero-order valence-electron chi connectivity index (χ0n) is 19.3. The molecule has 5 rings (SSSR count). The lowest BCUT2D eigenvalue weighted by Gasteiger charge is -2.24. The van der Waals surface area contributed by atoms with E-state index in [0.717, 1.165) is 33.3 Å². The Bertz CT molecular complexity index is 1420. The minimum Gasteiger partial charge on any atom is -0.437 e. The van der Waals surface area contributed by atoms with Crippen LogP contribution >= 0.6 is 0 Å². The van der Waals surface area contributed by atoms with Gasteiger partial charge in [-0.25, -0.2) is 4.98 Å². The molecule has 0 saturated carbocycles. The molecule has 0 saturated heterocycles. The van der Waals surface area contributed by atoms with E-state index in [1.54, 1.807) is 0 Å². The van der Waals surface area contributed by atoms with Crippen LogP contribution in [0.15, 0.2) is 83.4 Å². The van der Waals surface area contributed by atoms with Crippen molar-refractivity contribution in [1.29, 1.82) is 0 Å². The van der Waals surface area contributed by atoms with Crippen molar-refractivity contribution in [1.82, 2.24) is 9.97 Å². The quantitative estimate of drug-likeness (QED) is 0.301. The number of pyridine rings is 2. The van der Waals surface area contributed by atoms with E-state index < -0.39 is 0 Å². The van der Waals surface area contributed by atoms with Gasteiger partial charge in [-0.3, -0.25) is 4.98 Å². The molecule has 0 fully saturated rings. The largest absolute Gasteiger partial charge is 0.437 e. The minimum absolute atomic E-state index is 0.0545. The molecule has 0 N–H and O–H groups in total. The van der Waals surface area contributed by atoms with E-state index in [0.29, 0.717) is 5.71 Å². The molecule has 160 valence electrons. The van der Waals surface area contributed by atoms with Gasteiger partial charge in [0.15, 0.2) is 0 Å². The van der Waals surface area contributed by atoms with Crippen LogP contribution in [0.5, 0.6) is 0 Å². The molecule has 3 heteroatoms. The summed E-state index contributed by atoms with van der Waals surface area (Å²) in [6.07, 6.45) is 1.89. The van der Waals surface area contributed by atoms with Gasteiger partial charge in [0, 0.05) is 27.9 Å². The summed E-state index contributed by atoms with van der Waals surface area (Å²) < 4.78 is 6.38. The average molecular weight is 421 g/mol. The van der Waals surface area contributed by atoms with Gasteiger partial charge in [-0.1, -0.05) is 77.1 Å². The molecule has 0 amide bonds. The summed E-state index contributed by atoms with van der Waals surface area (Å²) in [5, 5.41) is 2.10. The molecule has 0 spiro atoms. The second kappa shape index (κ2) is 7.30. The monoisotopic (exact) mass is 420 g/mol. The number of para-hydroxylation sites is 1. The van der Waals surface area contributed by atoms with Crippen molar-refractivity contribution in [2.45, 2.75) is 45.4 Å². The lowest BCUT2D eigenvalue weighted by molar-refractivity contribution is 0.589. The Labute approximate surface area is 189 Å². The summed E-state index contributed by atoms with van der Waals surface area (Å²) in [6, 6.07) is 25.2. The van der Waals surface area contributed by atoms with Crippen LogP contribution in [0.25, 0.3) is 33.3 Å². The molecule has 0 atom stereocenters. The molecule has 3 aromatic heterocycles. The highest BCUT2D eigenvalue weighted by Gasteiger charge is 2.26. The maximum Gasteiger partial charge on any atom is 0.227 e. The van der Waals surface area contributed by atoms with Gasteiger partial charge < -0.3 is 4.42 Å².